The molecule has 6 heteroatoms. The number of halogens is 3. The van der Waals surface area contributed by atoms with Crippen LogP contribution in [0.25, 0.3) is 10.9 Å². The molecule has 2 rings (SSSR count). The Morgan fingerprint density at radius 1 is 1.29 bits per heavy atom. The van der Waals surface area contributed by atoms with Crippen LogP contribution in [0.15, 0.2) is 29.1 Å². The van der Waals surface area contributed by atoms with Gasteiger partial charge in [-0.3, -0.25) is 4.79 Å². The molecule has 0 radical (unpaired) electrons. The number of benzene rings is 1. The number of H-pyrrole nitrogens is 1. The van der Waals surface area contributed by atoms with Gasteiger partial charge in [-0.2, -0.15) is 18.4 Å². The third-order valence-electron chi connectivity index (χ3n) is 2.31. The minimum absolute atomic E-state index is 0.177. The van der Waals surface area contributed by atoms with Gasteiger partial charge >= 0.3 is 6.18 Å². The van der Waals surface area contributed by atoms with Crippen LogP contribution in [0.5, 0.6) is 0 Å². The molecule has 0 spiro atoms. The highest BCUT2D eigenvalue weighted by atomic mass is 19.4. The highest BCUT2D eigenvalue weighted by molar-refractivity contribution is 5.83. The first kappa shape index (κ1) is 11.2. The summed E-state index contributed by atoms with van der Waals surface area (Å²) in [6, 6.07) is 6.27. The molecule has 0 bridgehead atoms. The quantitative estimate of drug-likeness (QED) is 0.766. The van der Waals surface area contributed by atoms with Crippen LogP contribution in [0.3, 0.4) is 0 Å². The Labute approximate surface area is 93.1 Å². The first-order valence-corrected chi connectivity index (χ1v) is 4.57. The molecule has 0 aliphatic rings. The number of para-hydroxylation sites is 1. The number of fused-ring (bicyclic) bond motifs is 1. The van der Waals surface area contributed by atoms with Gasteiger partial charge in [-0.1, -0.05) is 12.1 Å². The Hall–Kier alpha value is -2.29. The molecule has 0 saturated heterocycles. The molecule has 0 aliphatic carbocycles. The van der Waals surface area contributed by atoms with Gasteiger partial charge in [0.15, 0.2) is 0 Å². The molecule has 0 unspecified atom stereocenters. The summed E-state index contributed by atoms with van der Waals surface area (Å²) in [5.41, 5.74) is -2.26. The Morgan fingerprint density at radius 3 is 2.59 bits per heavy atom. The van der Waals surface area contributed by atoms with E-state index in [-0.39, 0.29) is 16.5 Å². The highest BCUT2D eigenvalue weighted by Crippen LogP contribution is 2.33. The molecular weight excluding hydrogens is 233 g/mol. The number of nitriles is 1. The minimum Gasteiger partial charge on any atom is -0.320 e. The van der Waals surface area contributed by atoms with Gasteiger partial charge in [0.1, 0.15) is 11.6 Å². The van der Waals surface area contributed by atoms with Gasteiger partial charge in [-0.25, -0.2) is 0 Å². The number of rotatable bonds is 0. The smallest absolute Gasteiger partial charge is 0.320 e. The standard InChI is InChI=1S/C11H5F3N2O/c12-11(13,14)8-3-1-2-6-4-7(5-15)10(17)16-9(6)8/h1-4H,(H,16,17). The molecular formula is C11H5F3N2O. The Kier molecular flexibility index (Phi) is 2.39. The number of alkyl halides is 3. The molecule has 0 aliphatic heterocycles. The Morgan fingerprint density at radius 2 is 2.00 bits per heavy atom. The molecule has 2 aromatic rings. The third-order valence-corrected chi connectivity index (χ3v) is 2.31. The first-order chi connectivity index (χ1) is 7.93. The molecule has 1 heterocycles. The first-order valence-electron chi connectivity index (χ1n) is 4.57. The monoisotopic (exact) mass is 238 g/mol. The summed E-state index contributed by atoms with van der Waals surface area (Å²) in [5, 5.41) is 8.79. The van der Waals surface area contributed by atoms with Crippen LogP contribution in [0.1, 0.15) is 11.1 Å². The van der Waals surface area contributed by atoms with E-state index in [1.807, 2.05) is 0 Å². The van der Waals surface area contributed by atoms with Crippen molar-refractivity contribution in [2.45, 2.75) is 6.18 Å². The van der Waals surface area contributed by atoms with Crippen LogP contribution < -0.4 is 5.56 Å². The summed E-state index contributed by atoms with van der Waals surface area (Å²) in [6.07, 6.45) is -4.55. The van der Waals surface area contributed by atoms with E-state index >= 15 is 0 Å². The van der Waals surface area contributed by atoms with Crippen molar-refractivity contribution >= 4 is 10.9 Å². The number of aromatic nitrogens is 1. The largest absolute Gasteiger partial charge is 0.418 e. The fourth-order valence-corrected chi connectivity index (χ4v) is 1.55. The maximum atomic E-state index is 12.6. The number of hydrogen-bond acceptors (Lipinski definition) is 2. The van der Waals surface area contributed by atoms with E-state index < -0.39 is 17.3 Å². The summed E-state index contributed by atoms with van der Waals surface area (Å²) in [4.78, 5) is 13.4. The fourth-order valence-electron chi connectivity index (χ4n) is 1.55. The molecule has 0 amide bonds. The number of aromatic amines is 1. The number of nitrogens with one attached hydrogen (secondary N) is 1. The maximum absolute atomic E-state index is 12.6. The van der Waals surface area contributed by atoms with Crippen molar-refractivity contribution in [3.8, 4) is 6.07 Å². The van der Waals surface area contributed by atoms with Crippen molar-refractivity contribution in [3.63, 3.8) is 0 Å². The molecule has 1 aromatic heterocycles. The van der Waals surface area contributed by atoms with Gasteiger partial charge in [0.05, 0.1) is 11.1 Å². The normalized spacial score (nSPS) is 11.4. The predicted octanol–water partition coefficient (Wildman–Crippen LogP) is 2.42. The molecule has 86 valence electrons. The van der Waals surface area contributed by atoms with Gasteiger partial charge in [0.25, 0.3) is 5.56 Å². The van der Waals surface area contributed by atoms with Crippen molar-refractivity contribution in [1.29, 1.82) is 5.26 Å². The van der Waals surface area contributed by atoms with E-state index in [1.54, 1.807) is 6.07 Å². The summed E-state index contributed by atoms with van der Waals surface area (Å²) in [7, 11) is 0. The van der Waals surface area contributed by atoms with Crippen LogP contribution in [-0.2, 0) is 6.18 Å². The zero-order valence-corrected chi connectivity index (χ0v) is 8.30. The molecule has 0 saturated carbocycles. The lowest BCUT2D eigenvalue weighted by Gasteiger charge is -2.09. The van der Waals surface area contributed by atoms with Crippen LogP contribution in [-0.4, -0.2) is 4.98 Å². The molecule has 0 atom stereocenters. The molecule has 1 aromatic carbocycles. The van der Waals surface area contributed by atoms with Crippen LogP contribution >= 0.6 is 0 Å². The average Bonchev–Trinajstić information content (AvgIpc) is 2.26. The number of pyridine rings is 1. The maximum Gasteiger partial charge on any atom is 0.418 e. The molecule has 1 N–H and O–H groups in total. The second-order valence-electron chi connectivity index (χ2n) is 3.39. The second kappa shape index (κ2) is 3.63. The van der Waals surface area contributed by atoms with E-state index in [2.05, 4.69) is 4.98 Å². The van der Waals surface area contributed by atoms with E-state index in [0.717, 1.165) is 12.1 Å². The van der Waals surface area contributed by atoms with Crippen molar-refractivity contribution in [3.05, 3.63) is 45.7 Å². The van der Waals surface area contributed by atoms with Gasteiger partial charge < -0.3 is 4.98 Å². The van der Waals surface area contributed by atoms with Gasteiger partial charge in [-0.15, -0.1) is 0 Å². The van der Waals surface area contributed by atoms with E-state index in [0.29, 0.717) is 0 Å². The molecule has 0 fully saturated rings. The lowest BCUT2D eigenvalue weighted by atomic mass is 10.1. The molecule has 3 nitrogen and oxygen atoms in total. The summed E-state index contributed by atoms with van der Waals surface area (Å²) in [6.45, 7) is 0. The van der Waals surface area contributed by atoms with Crippen LogP contribution in [0.2, 0.25) is 0 Å². The second-order valence-corrected chi connectivity index (χ2v) is 3.39. The lowest BCUT2D eigenvalue weighted by molar-refractivity contribution is -0.136. The highest BCUT2D eigenvalue weighted by Gasteiger charge is 2.32. The predicted molar refractivity (Wildman–Crippen MR) is 54.3 cm³/mol. The van der Waals surface area contributed by atoms with E-state index in [1.165, 1.54) is 12.1 Å². The van der Waals surface area contributed by atoms with Gasteiger partial charge in [-0.05, 0) is 12.1 Å². The average molecular weight is 238 g/mol. The topological polar surface area (TPSA) is 56.6 Å². The van der Waals surface area contributed by atoms with E-state index in [9.17, 15) is 18.0 Å². The number of hydrogen-bond donors (Lipinski definition) is 1. The van der Waals surface area contributed by atoms with Gasteiger partial charge in [0, 0.05) is 5.39 Å². The molecule has 17 heavy (non-hydrogen) atoms. The van der Waals surface area contributed by atoms with Crippen molar-refractivity contribution in [2.24, 2.45) is 0 Å². The lowest BCUT2D eigenvalue weighted by Crippen LogP contribution is -2.13. The summed E-state index contributed by atoms with van der Waals surface area (Å²) >= 11 is 0. The SMILES string of the molecule is N#Cc1cc2cccc(C(F)(F)F)c2[nH]c1=O. The van der Waals surface area contributed by atoms with Crippen molar-refractivity contribution < 1.29 is 13.2 Å². The Balaban J connectivity index is 2.88. The van der Waals surface area contributed by atoms with Crippen LogP contribution in [0, 0.1) is 11.3 Å². The third kappa shape index (κ3) is 1.87. The minimum atomic E-state index is -4.55. The van der Waals surface area contributed by atoms with Crippen molar-refractivity contribution in [1.82, 2.24) is 4.98 Å². The van der Waals surface area contributed by atoms with Crippen LogP contribution in [0.4, 0.5) is 13.2 Å². The Bertz CT molecular complexity index is 680. The summed E-state index contributed by atoms with van der Waals surface area (Å²) < 4.78 is 37.9. The van der Waals surface area contributed by atoms with Crippen molar-refractivity contribution in [2.75, 3.05) is 0 Å². The fraction of sp³-hybridized carbons (Fsp3) is 0.0909. The van der Waals surface area contributed by atoms with Gasteiger partial charge in [0.2, 0.25) is 0 Å². The number of nitrogens with zero attached hydrogens (tertiary/aromatic N) is 1. The zero-order valence-electron chi connectivity index (χ0n) is 8.30. The zero-order chi connectivity index (χ0) is 12.6. The van der Waals surface area contributed by atoms with E-state index in [4.69, 9.17) is 5.26 Å². The summed E-state index contributed by atoms with van der Waals surface area (Å²) in [5.74, 6) is 0.